The fraction of sp³-hybridized carbons (Fsp3) is 0.0455. The number of benzene rings is 2. The summed E-state index contributed by atoms with van der Waals surface area (Å²) < 4.78 is 0. The van der Waals surface area contributed by atoms with E-state index in [0.717, 1.165) is 17.0 Å². The minimum absolute atomic E-state index is 0.0894. The summed E-state index contributed by atoms with van der Waals surface area (Å²) in [7, 11) is 0. The summed E-state index contributed by atoms with van der Waals surface area (Å²) in [5.41, 5.74) is -0.259. The molecule has 0 unspecified atom stereocenters. The molecule has 1 N–H and O–H groups in total. The van der Waals surface area contributed by atoms with Gasteiger partial charge in [0.15, 0.2) is 0 Å². The lowest BCUT2D eigenvalue weighted by Crippen LogP contribution is -2.30. The second-order valence-corrected chi connectivity index (χ2v) is 7.01. The molecule has 164 valence electrons. The molecule has 1 aliphatic heterocycles. The van der Waals surface area contributed by atoms with Crippen LogP contribution in [0.4, 0.5) is 17.2 Å². The highest BCUT2D eigenvalue weighted by Gasteiger charge is 2.47. The van der Waals surface area contributed by atoms with Crippen molar-refractivity contribution in [3.05, 3.63) is 110 Å². The zero-order chi connectivity index (χ0) is 23.7. The summed E-state index contributed by atoms with van der Waals surface area (Å²) in [6.07, 6.45) is 1.43. The van der Waals surface area contributed by atoms with Gasteiger partial charge >= 0.3 is 5.91 Å². The number of hydrogen-bond acceptors (Lipinski definition) is 8. The number of aliphatic hydroxyl groups excluding tert-OH is 1. The summed E-state index contributed by atoms with van der Waals surface area (Å²) in [4.78, 5) is 51.9. The monoisotopic (exact) mass is 446 g/mol. The predicted octanol–water partition coefficient (Wildman–Crippen LogP) is 3.52. The molecule has 1 aromatic heterocycles. The quantitative estimate of drug-likeness (QED) is 0.205. The molecule has 3 aromatic rings. The van der Waals surface area contributed by atoms with E-state index in [2.05, 4.69) is 4.98 Å². The Morgan fingerprint density at radius 3 is 1.97 bits per heavy atom. The fourth-order valence-corrected chi connectivity index (χ4v) is 3.56. The van der Waals surface area contributed by atoms with Gasteiger partial charge in [-0.25, -0.2) is 4.98 Å². The highest BCUT2D eigenvalue weighted by atomic mass is 16.6. The molecule has 1 amide bonds. The lowest BCUT2D eigenvalue weighted by molar-refractivity contribution is -0.385. The third kappa shape index (κ3) is 3.78. The highest BCUT2D eigenvalue weighted by molar-refractivity contribution is 6.51. The molecule has 2 aromatic carbocycles. The number of anilines is 1. The maximum Gasteiger partial charge on any atom is 0.301 e. The van der Waals surface area contributed by atoms with E-state index in [1.54, 1.807) is 12.1 Å². The van der Waals surface area contributed by atoms with Gasteiger partial charge in [0.25, 0.3) is 17.2 Å². The Labute approximate surface area is 185 Å². The number of amides is 1. The second kappa shape index (κ2) is 8.30. The van der Waals surface area contributed by atoms with Crippen LogP contribution in [-0.2, 0) is 9.59 Å². The van der Waals surface area contributed by atoms with Gasteiger partial charge in [-0.3, -0.25) is 34.7 Å². The molecule has 11 heteroatoms. The number of rotatable bonds is 5. The maximum atomic E-state index is 13.0. The second-order valence-electron chi connectivity index (χ2n) is 7.01. The fourth-order valence-electron chi connectivity index (χ4n) is 3.56. The van der Waals surface area contributed by atoms with E-state index in [1.165, 1.54) is 48.7 Å². The van der Waals surface area contributed by atoms with Crippen molar-refractivity contribution in [1.82, 2.24) is 4.98 Å². The number of ketones is 1. The summed E-state index contributed by atoms with van der Waals surface area (Å²) in [6.45, 7) is 0. The molecular weight excluding hydrogens is 432 g/mol. The lowest BCUT2D eigenvalue weighted by Gasteiger charge is -2.24. The average Bonchev–Trinajstić information content (AvgIpc) is 3.09. The van der Waals surface area contributed by atoms with Crippen molar-refractivity contribution < 1.29 is 24.5 Å². The first-order valence-corrected chi connectivity index (χ1v) is 9.51. The van der Waals surface area contributed by atoms with Gasteiger partial charge in [0.2, 0.25) is 0 Å². The first-order valence-electron chi connectivity index (χ1n) is 9.51. The van der Waals surface area contributed by atoms with Crippen molar-refractivity contribution in [1.29, 1.82) is 0 Å². The summed E-state index contributed by atoms with van der Waals surface area (Å²) >= 11 is 0. The van der Waals surface area contributed by atoms with E-state index in [0.29, 0.717) is 5.56 Å². The van der Waals surface area contributed by atoms with Crippen LogP contribution in [0.15, 0.2) is 78.5 Å². The van der Waals surface area contributed by atoms with Crippen molar-refractivity contribution in [3.8, 4) is 0 Å². The van der Waals surface area contributed by atoms with Gasteiger partial charge in [0.1, 0.15) is 11.6 Å². The van der Waals surface area contributed by atoms with Crippen molar-refractivity contribution >= 4 is 34.6 Å². The summed E-state index contributed by atoms with van der Waals surface area (Å²) in [5, 5.41) is 32.9. The first-order chi connectivity index (χ1) is 15.8. The van der Waals surface area contributed by atoms with E-state index in [1.807, 2.05) is 0 Å². The number of carbonyl (C=O) groups is 2. The van der Waals surface area contributed by atoms with E-state index in [9.17, 15) is 34.9 Å². The van der Waals surface area contributed by atoms with Gasteiger partial charge < -0.3 is 5.11 Å². The number of nitro benzene ring substituents is 2. The molecular formula is C22H14N4O7. The molecule has 0 spiro atoms. The van der Waals surface area contributed by atoms with E-state index < -0.39 is 33.3 Å². The standard InChI is InChI=1S/C22H14N4O7/c27-20(14-6-10-16(11-7-14)26(32)33)18-19(13-4-8-15(9-5-13)25(30)31)24(22(29)21(18)28)17-3-1-2-12-23-17/h1-12,19,27H/b20-18+/t19-/m0/s1. The normalized spacial score (nSPS) is 17.2. The number of aromatic nitrogens is 1. The van der Waals surface area contributed by atoms with Crippen LogP contribution < -0.4 is 4.90 Å². The van der Waals surface area contributed by atoms with Crippen molar-refractivity contribution in [2.24, 2.45) is 0 Å². The molecule has 0 aliphatic carbocycles. The van der Waals surface area contributed by atoms with Gasteiger partial charge in [0, 0.05) is 36.0 Å². The minimum atomic E-state index is -1.13. The van der Waals surface area contributed by atoms with E-state index in [4.69, 9.17) is 0 Å². The molecule has 4 rings (SSSR count). The average molecular weight is 446 g/mol. The number of carbonyl (C=O) groups excluding carboxylic acids is 2. The molecule has 33 heavy (non-hydrogen) atoms. The molecule has 2 heterocycles. The first kappa shape index (κ1) is 21.3. The Bertz CT molecular complexity index is 1300. The Morgan fingerprint density at radius 2 is 1.45 bits per heavy atom. The number of non-ortho nitro benzene ring substituents is 2. The molecule has 0 bridgehead atoms. The number of nitro groups is 2. The number of aliphatic hydroxyl groups is 1. The smallest absolute Gasteiger partial charge is 0.301 e. The Kier molecular flexibility index (Phi) is 5.36. The number of Topliss-reactive ketones (excluding diaryl/α,β-unsaturated/α-hetero) is 1. The van der Waals surface area contributed by atoms with Gasteiger partial charge in [-0.1, -0.05) is 6.07 Å². The largest absolute Gasteiger partial charge is 0.507 e. The molecule has 1 saturated heterocycles. The third-order valence-corrected chi connectivity index (χ3v) is 5.11. The molecule has 11 nitrogen and oxygen atoms in total. The zero-order valence-electron chi connectivity index (χ0n) is 16.7. The number of nitrogens with zero attached hydrogens (tertiary/aromatic N) is 4. The van der Waals surface area contributed by atoms with Gasteiger partial charge in [-0.2, -0.15) is 0 Å². The molecule has 1 aliphatic rings. The topological polar surface area (TPSA) is 157 Å². The summed E-state index contributed by atoms with van der Waals surface area (Å²) in [5.74, 6) is -2.32. The molecule has 0 radical (unpaired) electrons. The van der Waals surface area contributed by atoms with E-state index in [-0.39, 0.29) is 28.3 Å². The van der Waals surface area contributed by atoms with Gasteiger partial charge in [-0.05, 0) is 42.0 Å². The van der Waals surface area contributed by atoms with Crippen LogP contribution in [0.2, 0.25) is 0 Å². The van der Waals surface area contributed by atoms with Crippen LogP contribution in [0.5, 0.6) is 0 Å². The van der Waals surface area contributed by atoms with Crippen molar-refractivity contribution in [2.75, 3.05) is 4.90 Å². The van der Waals surface area contributed by atoms with Crippen LogP contribution in [0.3, 0.4) is 0 Å². The Balaban J connectivity index is 1.90. The predicted molar refractivity (Wildman–Crippen MR) is 115 cm³/mol. The van der Waals surface area contributed by atoms with Crippen LogP contribution >= 0.6 is 0 Å². The Morgan fingerprint density at radius 1 is 0.879 bits per heavy atom. The van der Waals surface area contributed by atoms with Crippen LogP contribution in [0, 0.1) is 20.2 Å². The minimum Gasteiger partial charge on any atom is -0.507 e. The zero-order valence-corrected chi connectivity index (χ0v) is 16.7. The number of hydrogen-bond donors (Lipinski definition) is 1. The van der Waals surface area contributed by atoms with Crippen LogP contribution in [-0.4, -0.2) is 31.6 Å². The van der Waals surface area contributed by atoms with Crippen LogP contribution in [0.25, 0.3) is 5.76 Å². The molecule has 1 atom stereocenters. The number of pyridine rings is 1. The molecule has 0 saturated carbocycles. The highest BCUT2D eigenvalue weighted by Crippen LogP contribution is 2.41. The van der Waals surface area contributed by atoms with Gasteiger partial charge in [-0.15, -0.1) is 0 Å². The van der Waals surface area contributed by atoms with E-state index >= 15 is 0 Å². The maximum absolute atomic E-state index is 13.0. The van der Waals surface area contributed by atoms with Crippen molar-refractivity contribution in [2.45, 2.75) is 6.04 Å². The molecule has 1 fully saturated rings. The van der Waals surface area contributed by atoms with Crippen molar-refractivity contribution in [3.63, 3.8) is 0 Å². The SMILES string of the molecule is O=C1C(=O)N(c2ccccn2)[C@@H](c2ccc([N+](=O)[O-])cc2)/C1=C(\O)c1ccc([N+](=O)[O-])cc1. The van der Waals surface area contributed by atoms with Crippen LogP contribution in [0.1, 0.15) is 17.2 Å². The lowest BCUT2D eigenvalue weighted by atomic mass is 9.95. The third-order valence-electron chi connectivity index (χ3n) is 5.11. The Hall–Kier alpha value is -4.93. The van der Waals surface area contributed by atoms with Gasteiger partial charge in [0.05, 0.1) is 21.5 Å². The summed E-state index contributed by atoms with van der Waals surface area (Å²) in [6, 6.07) is 13.7.